The number of methoxy groups -OCH3 is 1. The number of carbonyl (C=O) groups excluding carboxylic acids is 4. The molecule has 0 spiro atoms. The summed E-state index contributed by atoms with van der Waals surface area (Å²) in [6.07, 6.45) is 3.12. The first-order chi connectivity index (χ1) is 58.2. The van der Waals surface area contributed by atoms with E-state index >= 15 is 0 Å². The fraction of sp³-hybridized carbons (Fsp3) is 0.134. The summed E-state index contributed by atoms with van der Waals surface area (Å²) < 4.78 is 5.23. The van der Waals surface area contributed by atoms with E-state index in [1.807, 2.05) is 183 Å². The minimum absolute atomic E-state index is 0.00177. The van der Waals surface area contributed by atoms with Gasteiger partial charge in [0.25, 0.3) is 23.6 Å². The second kappa shape index (κ2) is 35.2. The van der Waals surface area contributed by atoms with E-state index in [2.05, 4.69) is 74.5 Å². The van der Waals surface area contributed by atoms with Gasteiger partial charge in [0.1, 0.15) is 5.75 Å². The van der Waals surface area contributed by atoms with Crippen LogP contribution in [-0.4, -0.2) is 96.5 Å². The first kappa shape index (κ1) is 81.7. The lowest BCUT2D eigenvalue weighted by Gasteiger charge is -2.36. The molecule has 0 aliphatic carbocycles. The highest BCUT2D eigenvalue weighted by Crippen LogP contribution is 2.46. The summed E-state index contributed by atoms with van der Waals surface area (Å²) in [5, 5.41) is 10.0. The Labute approximate surface area is 742 Å². The quantitative estimate of drug-likeness (QED) is 0.113. The molecule has 4 aliphatic heterocycles. The fourth-order valence-corrected chi connectivity index (χ4v) is 19.0. The molecule has 23 heteroatoms. The third kappa shape index (κ3) is 16.5. The maximum Gasteiger partial charge on any atom is 0.256 e. The number of amides is 4. The van der Waals surface area contributed by atoms with Crippen LogP contribution in [0.25, 0.3) is 43.6 Å². The summed E-state index contributed by atoms with van der Waals surface area (Å²) in [4.78, 5) is 76.0. The van der Waals surface area contributed by atoms with Crippen LogP contribution in [0.2, 0.25) is 50.2 Å². The number of para-hydroxylation sites is 4. The van der Waals surface area contributed by atoms with Gasteiger partial charge in [0.05, 0.1) is 51.9 Å². The lowest BCUT2D eigenvalue weighted by atomic mass is 9.91. The largest absolute Gasteiger partial charge is 0.497 e. The number of carbonyl (C=O) groups is 4. The van der Waals surface area contributed by atoms with Crippen molar-refractivity contribution >= 4 is 183 Å². The van der Waals surface area contributed by atoms with Crippen molar-refractivity contribution in [3.05, 3.63) is 413 Å². The van der Waals surface area contributed by atoms with Crippen molar-refractivity contribution in [2.45, 2.75) is 49.9 Å². The Morgan fingerprint density at radius 1 is 0.283 bits per heavy atom. The first-order valence-corrected chi connectivity index (χ1v) is 42.6. The molecule has 16 aromatic rings. The van der Waals surface area contributed by atoms with Crippen LogP contribution in [0.1, 0.15) is 133 Å². The van der Waals surface area contributed by atoms with E-state index in [-0.39, 0.29) is 47.8 Å². The third-order valence-corrected chi connectivity index (χ3v) is 25.4. The molecule has 4 N–H and O–H groups in total. The molecule has 4 unspecified atom stereocenters. The van der Waals surface area contributed by atoms with E-state index in [4.69, 9.17) is 121 Å². The monoisotopic (exact) mass is 1780 g/mol. The van der Waals surface area contributed by atoms with Crippen LogP contribution in [0.5, 0.6) is 5.75 Å². The molecule has 0 radical (unpaired) electrons. The zero-order valence-electron chi connectivity index (χ0n) is 64.1. The molecule has 4 amide bonds. The van der Waals surface area contributed by atoms with Gasteiger partial charge in [-0.3, -0.25) is 19.2 Å². The van der Waals surface area contributed by atoms with Crippen LogP contribution >= 0.6 is 116 Å². The Morgan fingerprint density at radius 3 is 0.925 bits per heavy atom. The molecule has 20 rings (SSSR count). The molecule has 600 valence electrons. The molecular formula is C97H72Cl10N8O5. The van der Waals surface area contributed by atoms with Gasteiger partial charge in [-0.15, -0.1) is 0 Å². The number of H-pyrrole nitrogens is 4. The highest BCUT2D eigenvalue weighted by atomic mass is 35.5. The standard InChI is InChI=1S/C25H21ClN2O2.3C24H17Cl3N2O/c1-30-19-12-8-17(9-13-19)25(29)28-15-14-21-20-4-2-3-5-22(20)27-23(21)24(28)16-6-10-18(26)11-7-16;25-16-8-5-14(6-9-16)23-22-18(17-3-1-2-4-21(17)28-22)11-12-29(23)24(30)15-7-10-19(26)20(27)13-15;25-16-7-5-14(6-8-16)23-22-20(19-3-1-2-4-21(19)28-22)9-10-29(23)24(30)15-11-17(26)13-18(27)12-15;25-15-7-5-14(6-8-15)23-22-18(17-3-1-2-4-21(17)28-22)11-12-29(23)24(30)19-10-9-16(26)13-20(19)27/h2-13,24,27H,14-15H2,1H3;1-10,13,23,28H,11-12H2;1-8,11-13,23,28H,9-10H2;1-10,13,23,28H,11-12H2. The average molecular weight is 1780 g/mol. The summed E-state index contributed by atoms with van der Waals surface area (Å²) >= 11 is 61.5. The molecule has 4 aromatic heterocycles. The van der Waals surface area contributed by atoms with Gasteiger partial charge in [-0.25, -0.2) is 0 Å². The summed E-state index contributed by atoms with van der Waals surface area (Å²) in [6, 6.07) is 85.0. The van der Waals surface area contributed by atoms with Crippen molar-refractivity contribution in [1.82, 2.24) is 39.5 Å². The molecule has 12 aromatic carbocycles. The lowest BCUT2D eigenvalue weighted by molar-refractivity contribution is 0.0685. The minimum atomic E-state index is -0.266. The van der Waals surface area contributed by atoms with Crippen molar-refractivity contribution in [2.75, 3.05) is 33.3 Å². The van der Waals surface area contributed by atoms with Crippen molar-refractivity contribution in [3.63, 3.8) is 0 Å². The zero-order valence-corrected chi connectivity index (χ0v) is 71.6. The average Bonchev–Trinajstić information content (AvgIpc) is 1.59. The summed E-state index contributed by atoms with van der Waals surface area (Å²) in [5.41, 5.74) is 19.6. The number of rotatable bonds is 9. The van der Waals surface area contributed by atoms with Crippen LogP contribution in [0, 0.1) is 0 Å². The molecule has 13 nitrogen and oxygen atoms in total. The highest BCUT2D eigenvalue weighted by molar-refractivity contribution is 6.42. The van der Waals surface area contributed by atoms with Crippen LogP contribution in [0.3, 0.4) is 0 Å². The molecule has 4 atom stereocenters. The second-order valence-electron chi connectivity index (χ2n) is 29.7. The number of ether oxygens (including phenoxy) is 1. The smallest absolute Gasteiger partial charge is 0.256 e. The van der Waals surface area contributed by atoms with Crippen molar-refractivity contribution in [2.24, 2.45) is 0 Å². The second-order valence-corrected chi connectivity index (χ2v) is 34.0. The van der Waals surface area contributed by atoms with Crippen molar-refractivity contribution in [3.8, 4) is 5.75 Å². The minimum Gasteiger partial charge on any atom is -0.497 e. The Kier molecular flexibility index (Phi) is 24.0. The van der Waals surface area contributed by atoms with Gasteiger partial charge in [0.15, 0.2) is 0 Å². The number of aromatic nitrogens is 4. The number of nitrogens with zero attached hydrogens (tertiary/aromatic N) is 4. The predicted molar refractivity (Wildman–Crippen MR) is 488 cm³/mol. The van der Waals surface area contributed by atoms with Gasteiger partial charge in [0.2, 0.25) is 0 Å². The maximum absolute atomic E-state index is 13.6. The number of hydrogen-bond donors (Lipinski definition) is 4. The third-order valence-electron chi connectivity index (χ3n) is 22.7. The van der Waals surface area contributed by atoms with Crippen molar-refractivity contribution < 1.29 is 23.9 Å². The summed E-state index contributed by atoms with van der Waals surface area (Å²) in [7, 11) is 1.62. The Balaban J connectivity index is 0.000000114. The lowest BCUT2D eigenvalue weighted by Crippen LogP contribution is -2.40. The first-order valence-electron chi connectivity index (χ1n) is 38.9. The molecular weight excluding hydrogens is 1710 g/mol. The fourth-order valence-electron chi connectivity index (χ4n) is 17.2. The van der Waals surface area contributed by atoms with Gasteiger partial charge < -0.3 is 44.3 Å². The number of hydrogen-bond acceptors (Lipinski definition) is 5. The molecule has 0 fully saturated rings. The van der Waals surface area contributed by atoms with Gasteiger partial charge >= 0.3 is 0 Å². The maximum atomic E-state index is 13.6. The number of fused-ring (bicyclic) bond motifs is 12. The van der Waals surface area contributed by atoms with E-state index < -0.39 is 0 Å². The summed E-state index contributed by atoms with van der Waals surface area (Å²) in [6.45, 7) is 2.42. The predicted octanol–water partition coefficient (Wildman–Crippen LogP) is 26.4. The number of benzene rings is 12. The Morgan fingerprint density at radius 2 is 0.592 bits per heavy atom. The SMILES string of the molecule is COc1ccc(C(=O)N2CCc3c([nH]c4ccccc34)C2c2ccc(Cl)cc2)cc1.O=C(c1cc(Cl)cc(Cl)c1)N1CCc2c([nH]c3ccccc23)C1c1ccc(Cl)cc1.O=C(c1ccc(Cl)c(Cl)c1)N1CCc2c([nH]c3ccccc23)C1c1ccc(Cl)cc1.O=C(c1ccc(Cl)cc1Cl)N1CCc2c([nH]c3ccccc23)C1c1ccc(Cl)cc1. The highest BCUT2D eigenvalue weighted by Gasteiger charge is 2.40. The zero-order chi connectivity index (χ0) is 83.1. The van der Waals surface area contributed by atoms with E-state index in [0.717, 1.165) is 98.5 Å². The van der Waals surface area contributed by atoms with E-state index in [1.54, 1.807) is 61.7 Å². The Hall–Kier alpha value is -10.6. The van der Waals surface area contributed by atoms with Gasteiger partial charge in [-0.2, -0.15) is 0 Å². The van der Waals surface area contributed by atoms with Crippen molar-refractivity contribution in [1.29, 1.82) is 0 Å². The number of aromatic amines is 4. The molecule has 120 heavy (non-hydrogen) atoms. The Bertz CT molecular complexity index is 6570. The molecule has 4 aliphatic rings. The summed E-state index contributed by atoms with van der Waals surface area (Å²) in [5.74, 6) is 0.418. The topological polar surface area (TPSA) is 154 Å². The van der Waals surface area contributed by atoms with Crippen LogP contribution < -0.4 is 4.74 Å². The number of nitrogens with one attached hydrogen (secondary N) is 4. The van der Waals surface area contributed by atoms with Gasteiger partial charge in [-0.05, 0) is 222 Å². The van der Waals surface area contributed by atoms with E-state index in [9.17, 15) is 19.2 Å². The normalized spacial score (nSPS) is 15.9. The van der Waals surface area contributed by atoms with Crippen LogP contribution in [0.15, 0.2) is 273 Å². The van der Waals surface area contributed by atoms with Crippen LogP contribution in [-0.2, 0) is 25.7 Å². The van der Waals surface area contributed by atoms with E-state index in [1.165, 1.54) is 43.8 Å². The van der Waals surface area contributed by atoms with E-state index in [0.29, 0.717) is 98.7 Å². The molecule has 0 saturated carbocycles. The van der Waals surface area contributed by atoms with Gasteiger partial charge in [-0.1, -0.05) is 237 Å². The van der Waals surface area contributed by atoms with Gasteiger partial charge in [0, 0.05) is 144 Å². The molecule has 8 heterocycles. The molecule has 0 saturated heterocycles. The number of halogens is 10. The van der Waals surface area contributed by atoms with Crippen LogP contribution in [0.4, 0.5) is 0 Å². The molecule has 0 bridgehead atoms.